The number of rotatable bonds is 5. The number of aliphatic carboxylic acids is 1. The normalized spacial score (nSPS) is 20.2. The molecule has 0 bridgehead atoms. The van der Waals surface area contributed by atoms with Gasteiger partial charge in [-0.3, -0.25) is 4.79 Å². The average molecular weight is 348 g/mol. The second-order valence-electron chi connectivity index (χ2n) is 6.89. The molecule has 2 heterocycles. The number of carbonyl (C=O) groups is 2. The van der Waals surface area contributed by atoms with Gasteiger partial charge in [0.2, 0.25) is 0 Å². The van der Waals surface area contributed by atoms with Gasteiger partial charge in [-0.2, -0.15) is 0 Å². The van der Waals surface area contributed by atoms with Crippen LogP contribution >= 0.6 is 0 Å². The van der Waals surface area contributed by atoms with Crippen molar-refractivity contribution in [3.05, 3.63) is 35.9 Å². The van der Waals surface area contributed by atoms with Gasteiger partial charge < -0.3 is 24.7 Å². The molecule has 136 valence electrons. The van der Waals surface area contributed by atoms with E-state index < -0.39 is 11.6 Å². The van der Waals surface area contributed by atoms with Crippen molar-refractivity contribution in [1.29, 1.82) is 0 Å². The molecule has 7 nitrogen and oxygen atoms in total. The first-order valence-corrected chi connectivity index (χ1v) is 8.59. The maximum atomic E-state index is 12.4. The number of hydrogen-bond donors (Lipinski definition) is 2. The van der Waals surface area contributed by atoms with Crippen LogP contribution in [0.25, 0.3) is 0 Å². The molecule has 1 aromatic carbocycles. The zero-order valence-electron chi connectivity index (χ0n) is 14.1. The first-order valence-electron chi connectivity index (χ1n) is 8.59. The molecular formula is C18H24N2O5. The Labute approximate surface area is 146 Å². The van der Waals surface area contributed by atoms with E-state index in [4.69, 9.17) is 9.84 Å². The number of aliphatic hydroxyl groups is 1. The van der Waals surface area contributed by atoms with E-state index in [-0.39, 0.29) is 18.6 Å². The summed E-state index contributed by atoms with van der Waals surface area (Å²) in [4.78, 5) is 26.6. The molecule has 0 saturated carbocycles. The van der Waals surface area contributed by atoms with Gasteiger partial charge in [0.05, 0.1) is 37.8 Å². The number of carboxylic acid groups (broad SMARTS) is 1. The number of likely N-dealkylation sites (tertiary alicyclic amines) is 2. The zero-order valence-corrected chi connectivity index (χ0v) is 14.1. The molecular weight excluding hydrogens is 324 g/mol. The molecule has 0 radical (unpaired) electrons. The van der Waals surface area contributed by atoms with E-state index in [1.165, 1.54) is 0 Å². The number of ether oxygens (including phenoxy) is 1. The lowest BCUT2D eigenvalue weighted by molar-refractivity contribution is -0.144. The van der Waals surface area contributed by atoms with E-state index in [9.17, 15) is 14.7 Å². The fourth-order valence-electron chi connectivity index (χ4n) is 3.26. The quantitative estimate of drug-likeness (QED) is 0.837. The lowest BCUT2D eigenvalue weighted by Gasteiger charge is -2.44. The predicted molar refractivity (Wildman–Crippen MR) is 90.0 cm³/mol. The molecule has 2 fully saturated rings. The SMILES string of the molecule is O=C(O)CC1(O)CCN(C(=O)N2CC(OCc3ccccc3)C2)CC1. The number of nitrogens with zero attached hydrogens (tertiary/aromatic N) is 2. The standard InChI is InChI=1S/C18H24N2O5/c21-16(22)10-18(24)6-8-19(9-7-18)17(23)20-11-15(12-20)25-13-14-4-2-1-3-5-14/h1-5,15,24H,6-13H2,(H,21,22). The molecule has 2 aliphatic rings. The molecule has 0 aromatic heterocycles. The molecule has 7 heteroatoms. The van der Waals surface area contributed by atoms with Crippen LogP contribution in [-0.2, 0) is 16.1 Å². The van der Waals surface area contributed by atoms with E-state index in [0.717, 1.165) is 5.56 Å². The van der Waals surface area contributed by atoms with Crippen molar-refractivity contribution in [2.45, 2.75) is 37.6 Å². The van der Waals surface area contributed by atoms with Crippen molar-refractivity contribution < 1.29 is 24.5 Å². The van der Waals surface area contributed by atoms with Gasteiger partial charge >= 0.3 is 12.0 Å². The summed E-state index contributed by atoms with van der Waals surface area (Å²) in [5.74, 6) is -1.01. The molecule has 0 unspecified atom stereocenters. The lowest BCUT2D eigenvalue weighted by Crippen LogP contribution is -2.60. The molecule has 0 spiro atoms. The first-order chi connectivity index (χ1) is 12.0. The van der Waals surface area contributed by atoms with Gasteiger partial charge in [-0.15, -0.1) is 0 Å². The van der Waals surface area contributed by atoms with Crippen LogP contribution in [-0.4, -0.2) is 69.9 Å². The van der Waals surface area contributed by atoms with Crippen LogP contribution in [0.3, 0.4) is 0 Å². The molecule has 2 aliphatic heterocycles. The summed E-state index contributed by atoms with van der Waals surface area (Å²) in [5, 5.41) is 19.1. The van der Waals surface area contributed by atoms with Gasteiger partial charge in [0.1, 0.15) is 0 Å². The van der Waals surface area contributed by atoms with Gasteiger partial charge in [0, 0.05) is 13.1 Å². The predicted octanol–water partition coefficient (Wildman–Crippen LogP) is 1.31. The van der Waals surface area contributed by atoms with Crippen LogP contribution in [0.5, 0.6) is 0 Å². The Kier molecular flexibility index (Phi) is 5.24. The topological polar surface area (TPSA) is 90.3 Å². The number of urea groups is 1. The number of carboxylic acids is 1. The highest BCUT2D eigenvalue weighted by molar-refractivity contribution is 5.75. The van der Waals surface area contributed by atoms with Crippen molar-refractivity contribution >= 4 is 12.0 Å². The summed E-state index contributed by atoms with van der Waals surface area (Å²) in [7, 11) is 0. The average Bonchev–Trinajstić information content (AvgIpc) is 2.53. The maximum Gasteiger partial charge on any atom is 0.320 e. The van der Waals surface area contributed by atoms with Crippen LogP contribution in [0.2, 0.25) is 0 Å². The third kappa shape index (κ3) is 4.49. The van der Waals surface area contributed by atoms with Crippen LogP contribution in [0.15, 0.2) is 30.3 Å². The minimum absolute atomic E-state index is 0.0536. The van der Waals surface area contributed by atoms with Crippen LogP contribution in [0.4, 0.5) is 4.79 Å². The highest BCUT2D eigenvalue weighted by Crippen LogP contribution is 2.27. The molecule has 0 aliphatic carbocycles. The molecule has 2 amide bonds. The van der Waals surface area contributed by atoms with E-state index in [0.29, 0.717) is 45.6 Å². The Morgan fingerprint density at radius 2 is 1.76 bits per heavy atom. The summed E-state index contributed by atoms with van der Waals surface area (Å²) in [5.41, 5.74) is -0.0835. The van der Waals surface area contributed by atoms with Crippen molar-refractivity contribution in [3.63, 3.8) is 0 Å². The molecule has 1 aromatic rings. The third-order valence-electron chi connectivity index (χ3n) is 4.89. The Bertz CT molecular complexity index is 607. The molecule has 2 saturated heterocycles. The summed E-state index contributed by atoms with van der Waals surface area (Å²) < 4.78 is 5.79. The monoisotopic (exact) mass is 348 g/mol. The number of benzene rings is 1. The van der Waals surface area contributed by atoms with Crippen LogP contribution in [0, 0.1) is 0 Å². The van der Waals surface area contributed by atoms with E-state index in [1.54, 1.807) is 9.80 Å². The number of carbonyl (C=O) groups excluding carboxylic acids is 1. The summed E-state index contributed by atoms with van der Waals surface area (Å²) in [6.45, 7) is 2.45. The fraction of sp³-hybridized carbons (Fsp3) is 0.556. The largest absolute Gasteiger partial charge is 0.481 e. The Balaban J connectivity index is 1.39. The van der Waals surface area contributed by atoms with Crippen LogP contribution in [0.1, 0.15) is 24.8 Å². The molecule has 2 N–H and O–H groups in total. The van der Waals surface area contributed by atoms with Crippen molar-refractivity contribution in [1.82, 2.24) is 9.80 Å². The second-order valence-corrected chi connectivity index (χ2v) is 6.89. The number of hydrogen-bond acceptors (Lipinski definition) is 4. The molecule has 3 rings (SSSR count). The van der Waals surface area contributed by atoms with Crippen molar-refractivity contribution in [3.8, 4) is 0 Å². The van der Waals surface area contributed by atoms with E-state index in [2.05, 4.69) is 0 Å². The molecule has 0 atom stereocenters. The van der Waals surface area contributed by atoms with E-state index in [1.807, 2.05) is 30.3 Å². The Morgan fingerprint density at radius 1 is 1.12 bits per heavy atom. The highest BCUT2D eigenvalue weighted by atomic mass is 16.5. The summed E-state index contributed by atoms with van der Waals surface area (Å²) in [6, 6.07) is 9.86. The van der Waals surface area contributed by atoms with Gasteiger partial charge in [-0.1, -0.05) is 30.3 Å². The Hall–Kier alpha value is -2.12. The minimum Gasteiger partial charge on any atom is -0.481 e. The minimum atomic E-state index is -1.20. The van der Waals surface area contributed by atoms with Gasteiger partial charge in [0.15, 0.2) is 0 Å². The maximum absolute atomic E-state index is 12.4. The fourth-order valence-corrected chi connectivity index (χ4v) is 3.26. The highest BCUT2D eigenvalue weighted by Gasteiger charge is 2.39. The van der Waals surface area contributed by atoms with E-state index >= 15 is 0 Å². The van der Waals surface area contributed by atoms with Crippen molar-refractivity contribution in [2.24, 2.45) is 0 Å². The Morgan fingerprint density at radius 3 is 2.36 bits per heavy atom. The van der Waals surface area contributed by atoms with Gasteiger partial charge in [0.25, 0.3) is 0 Å². The third-order valence-corrected chi connectivity index (χ3v) is 4.89. The zero-order chi connectivity index (χ0) is 17.9. The number of piperidine rings is 1. The van der Waals surface area contributed by atoms with Gasteiger partial charge in [-0.05, 0) is 18.4 Å². The number of amides is 2. The summed E-state index contributed by atoms with van der Waals surface area (Å²) >= 11 is 0. The van der Waals surface area contributed by atoms with Gasteiger partial charge in [-0.25, -0.2) is 4.79 Å². The first kappa shape index (κ1) is 17.7. The van der Waals surface area contributed by atoms with Crippen molar-refractivity contribution in [2.75, 3.05) is 26.2 Å². The van der Waals surface area contributed by atoms with Crippen LogP contribution < -0.4 is 0 Å². The lowest BCUT2D eigenvalue weighted by atomic mass is 9.88. The summed E-state index contributed by atoms with van der Waals surface area (Å²) in [6.07, 6.45) is 0.381. The smallest absolute Gasteiger partial charge is 0.320 e. The second kappa shape index (κ2) is 7.41. The molecule has 25 heavy (non-hydrogen) atoms.